The van der Waals surface area contributed by atoms with E-state index < -0.39 is 0 Å². The summed E-state index contributed by atoms with van der Waals surface area (Å²) < 4.78 is 4.36. The van der Waals surface area contributed by atoms with Crippen molar-refractivity contribution < 1.29 is 4.74 Å². The predicted molar refractivity (Wildman–Crippen MR) is 69.8 cm³/mol. The summed E-state index contributed by atoms with van der Waals surface area (Å²) in [6, 6.07) is 0. The number of ether oxygens (including phenoxy) is 1. The van der Waals surface area contributed by atoms with Gasteiger partial charge < -0.3 is 4.74 Å². The molecular weight excluding hydrogens is 184 g/mol. The largest absolute Gasteiger partial charge is 0.474 e. The summed E-state index contributed by atoms with van der Waals surface area (Å²) in [5, 5.41) is 0. The lowest BCUT2D eigenvalue weighted by atomic mass is 10.1. The molecule has 0 heterocycles. The highest BCUT2D eigenvalue weighted by molar-refractivity contribution is 4.57. The SMILES string of the molecule is C=COC=C.CCCCCCCCCC. The minimum Gasteiger partial charge on any atom is -0.474 e. The first kappa shape index (κ1) is 16.7. The van der Waals surface area contributed by atoms with E-state index in [9.17, 15) is 0 Å². The van der Waals surface area contributed by atoms with Crippen molar-refractivity contribution in [2.24, 2.45) is 0 Å². The van der Waals surface area contributed by atoms with E-state index in [2.05, 4.69) is 31.7 Å². The highest BCUT2D eigenvalue weighted by atomic mass is 16.5. The molecule has 0 amide bonds. The second-order valence-electron chi connectivity index (χ2n) is 3.59. The third kappa shape index (κ3) is 24.6. The molecule has 90 valence electrons. The first-order chi connectivity index (χ1) is 7.33. The van der Waals surface area contributed by atoms with Crippen molar-refractivity contribution in [1.82, 2.24) is 0 Å². The molecule has 0 aliphatic carbocycles. The van der Waals surface area contributed by atoms with Crippen LogP contribution >= 0.6 is 0 Å². The van der Waals surface area contributed by atoms with Crippen molar-refractivity contribution in [3.05, 3.63) is 25.7 Å². The fourth-order valence-corrected chi connectivity index (χ4v) is 1.28. The summed E-state index contributed by atoms with van der Waals surface area (Å²) in [5.74, 6) is 0. The highest BCUT2D eigenvalue weighted by Crippen LogP contribution is 2.07. The monoisotopic (exact) mass is 212 g/mol. The van der Waals surface area contributed by atoms with Gasteiger partial charge in [-0.15, -0.1) is 0 Å². The van der Waals surface area contributed by atoms with Crippen LogP contribution in [0.4, 0.5) is 0 Å². The molecule has 0 unspecified atom stereocenters. The van der Waals surface area contributed by atoms with Gasteiger partial charge >= 0.3 is 0 Å². The average Bonchev–Trinajstić information content (AvgIpc) is 2.25. The number of rotatable bonds is 9. The summed E-state index contributed by atoms with van der Waals surface area (Å²) in [4.78, 5) is 0. The smallest absolute Gasteiger partial charge is 0.0829 e. The van der Waals surface area contributed by atoms with E-state index in [1.54, 1.807) is 0 Å². The Hall–Kier alpha value is -0.720. The van der Waals surface area contributed by atoms with Gasteiger partial charge in [0, 0.05) is 0 Å². The van der Waals surface area contributed by atoms with Crippen LogP contribution in [0.1, 0.15) is 65.2 Å². The Morgan fingerprint density at radius 1 is 0.733 bits per heavy atom. The molecule has 0 saturated carbocycles. The zero-order valence-electron chi connectivity index (χ0n) is 10.6. The zero-order valence-corrected chi connectivity index (χ0v) is 10.6. The van der Waals surface area contributed by atoms with Crippen molar-refractivity contribution in [2.75, 3.05) is 0 Å². The van der Waals surface area contributed by atoms with Crippen molar-refractivity contribution >= 4 is 0 Å². The predicted octanol–water partition coefficient (Wildman–Crippen LogP) is 5.44. The van der Waals surface area contributed by atoms with Crippen LogP contribution in [0, 0.1) is 0 Å². The number of hydrogen-bond acceptors (Lipinski definition) is 1. The summed E-state index contributed by atoms with van der Waals surface area (Å²) in [6.45, 7) is 11.1. The lowest BCUT2D eigenvalue weighted by Crippen LogP contribution is -1.77. The fourth-order valence-electron chi connectivity index (χ4n) is 1.28. The van der Waals surface area contributed by atoms with Crippen LogP contribution in [0.25, 0.3) is 0 Å². The van der Waals surface area contributed by atoms with Crippen molar-refractivity contribution in [3.8, 4) is 0 Å². The van der Waals surface area contributed by atoms with Gasteiger partial charge in [0.05, 0.1) is 12.5 Å². The maximum atomic E-state index is 4.36. The fraction of sp³-hybridized carbons (Fsp3) is 0.714. The van der Waals surface area contributed by atoms with Crippen LogP contribution in [-0.2, 0) is 4.74 Å². The Bertz CT molecular complexity index is 105. The van der Waals surface area contributed by atoms with Crippen molar-refractivity contribution in [2.45, 2.75) is 65.2 Å². The van der Waals surface area contributed by atoms with Crippen LogP contribution in [0.3, 0.4) is 0 Å². The van der Waals surface area contributed by atoms with Gasteiger partial charge in [0.2, 0.25) is 0 Å². The normalized spacial score (nSPS) is 8.67. The van der Waals surface area contributed by atoms with E-state index in [-0.39, 0.29) is 0 Å². The van der Waals surface area contributed by atoms with Crippen LogP contribution in [-0.4, -0.2) is 0 Å². The zero-order chi connectivity index (χ0) is 11.8. The summed E-state index contributed by atoms with van der Waals surface area (Å²) in [7, 11) is 0. The maximum Gasteiger partial charge on any atom is 0.0829 e. The molecule has 0 aromatic carbocycles. The first-order valence-electron chi connectivity index (χ1n) is 6.20. The second kappa shape index (κ2) is 18.9. The van der Waals surface area contributed by atoms with E-state index in [1.807, 2.05) is 0 Å². The molecule has 0 atom stereocenters. The number of hydrogen-bond donors (Lipinski definition) is 0. The van der Waals surface area contributed by atoms with Crippen LogP contribution in [0.2, 0.25) is 0 Å². The van der Waals surface area contributed by atoms with Crippen LogP contribution in [0.5, 0.6) is 0 Å². The van der Waals surface area contributed by atoms with E-state index >= 15 is 0 Å². The lowest BCUT2D eigenvalue weighted by Gasteiger charge is -1.97. The Kier molecular flexibility index (Phi) is 21.1. The van der Waals surface area contributed by atoms with E-state index in [1.165, 1.54) is 63.9 Å². The summed E-state index contributed by atoms with van der Waals surface area (Å²) >= 11 is 0. The van der Waals surface area contributed by atoms with Crippen LogP contribution in [0.15, 0.2) is 25.7 Å². The molecule has 1 heteroatoms. The number of unbranched alkanes of at least 4 members (excludes halogenated alkanes) is 7. The molecule has 0 spiro atoms. The molecule has 1 nitrogen and oxygen atoms in total. The molecular formula is C14H28O. The molecule has 0 aliphatic heterocycles. The van der Waals surface area contributed by atoms with Gasteiger partial charge in [-0.3, -0.25) is 0 Å². The lowest BCUT2D eigenvalue weighted by molar-refractivity contribution is 0.406. The second-order valence-corrected chi connectivity index (χ2v) is 3.59. The Morgan fingerprint density at radius 3 is 1.27 bits per heavy atom. The Morgan fingerprint density at radius 2 is 1.07 bits per heavy atom. The molecule has 0 aromatic heterocycles. The van der Waals surface area contributed by atoms with Gasteiger partial charge in [0.1, 0.15) is 0 Å². The third-order valence-electron chi connectivity index (χ3n) is 2.15. The van der Waals surface area contributed by atoms with E-state index in [0.717, 1.165) is 0 Å². The quantitative estimate of drug-likeness (QED) is 0.365. The minimum absolute atomic E-state index is 1.31. The van der Waals surface area contributed by atoms with Gasteiger partial charge in [-0.2, -0.15) is 0 Å². The van der Waals surface area contributed by atoms with Gasteiger partial charge in [-0.25, -0.2) is 0 Å². The van der Waals surface area contributed by atoms with Gasteiger partial charge in [-0.1, -0.05) is 78.4 Å². The first-order valence-corrected chi connectivity index (χ1v) is 6.20. The molecule has 0 bridgehead atoms. The van der Waals surface area contributed by atoms with Crippen molar-refractivity contribution in [1.29, 1.82) is 0 Å². The minimum atomic E-state index is 1.31. The topological polar surface area (TPSA) is 9.23 Å². The van der Waals surface area contributed by atoms with Crippen LogP contribution < -0.4 is 0 Å². The highest BCUT2D eigenvalue weighted by Gasteiger charge is 1.87. The maximum absolute atomic E-state index is 4.36. The molecule has 0 rings (SSSR count). The van der Waals surface area contributed by atoms with Crippen molar-refractivity contribution in [3.63, 3.8) is 0 Å². The molecule has 0 saturated heterocycles. The van der Waals surface area contributed by atoms with Gasteiger partial charge in [-0.05, 0) is 0 Å². The third-order valence-corrected chi connectivity index (χ3v) is 2.15. The van der Waals surface area contributed by atoms with Gasteiger partial charge in [0.25, 0.3) is 0 Å². The van der Waals surface area contributed by atoms with E-state index in [4.69, 9.17) is 0 Å². The Balaban J connectivity index is 0. The van der Waals surface area contributed by atoms with Gasteiger partial charge in [0.15, 0.2) is 0 Å². The Labute approximate surface area is 96.2 Å². The van der Waals surface area contributed by atoms with E-state index in [0.29, 0.717) is 0 Å². The standard InChI is InChI=1S/C10H22.C4H6O/c1-3-5-7-9-10-8-6-4-2;1-3-5-4-2/h3-10H2,1-2H3;3-4H,1-2H2. The molecule has 0 aliphatic rings. The molecule has 0 radical (unpaired) electrons. The average molecular weight is 212 g/mol. The summed E-state index contributed by atoms with van der Waals surface area (Å²) in [5.41, 5.74) is 0. The molecule has 15 heavy (non-hydrogen) atoms. The molecule has 0 N–H and O–H groups in total. The summed E-state index contributed by atoms with van der Waals surface area (Å²) in [6.07, 6.45) is 14.1. The molecule has 0 fully saturated rings. The molecule has 0 aromatic rings.